The van der Waals surface area contributed by atoms with Crippen molar-refractivity contribution in [2.24, 2.45) is 5.73 Å². The lowest BCUT2D eigenvalue weighted by Crippen LogP contribution is -2.70. The number of carboxylic acid groups (broad SMARTS) is 1. The van der Waals surface area contributed by atoms with Crippen LogP contribution in [0.2, 0.25) is 0 Å². The van der Waals surface area contributed by atoms with Crippen LogP contribution in [0.15, 0.2) is 24.5 Å². The first-order valence-corrected chi connectivity index (χ1v) is 7.84. The summed E-state index contributed by atoms with van der Waals surface area (Å²) in [4.78, 5) is 46.3. The van der Waals surface area contributed by atoms with Gasteiger partial charge in [0.2, 0.25) is 5.54 Å². The molecule has 0 spiro atoms. The average molecular weight is 358 g/mol. The van der Waals surface area contributed by atoms with Gasteiger partial charge in [-0.25, -0.2) is 14.8 Å². The molecule has 1 aliphatic rings. The summed E-state index contributed by atoms with van der Waals surface area (Å²) < 4.78 is 0. The van der Waals surface area contributed by atoms with Crippen LogP contribution in [0.1, 0.15) is 12.5 Å². The minimum Gasteiger partial charge on any atom is -0.465 e. The van der Waals surface area contributed by atoms with Gasteiger partial charge in [-0.3, -0.25) is 14.5 Å². The monoisotopic (exact) mass is 358 g/mol. The molecule has 10 heteroatoms. The van der Waals surface area contributed by atoms with E-state index in [0.717, 1.165) is 10.5 Å². The van der Waals surface area contributed by atoms with Crippen LogP contribution in [0.4, 0.5) is 10.6 Å². The number of aromatic nitrogens is 2. The van der Waals surface area contributed by atoms with Crippen molar-refractivity contribution >= 4 is 34.6 Å². The summed E-state index contributed by atoms with van der Waals surface area (Å²) in [5.41, 5.74) is 10.6. The van der Waals surface area contributed by atoms with E-state index in [1.54, 1.807) is 18.2 Å². The van der Waals surface area contributed by atoms with Crippen molar-refractivity contribution in [2.75, 3.05) is 18.8 Å². The molecule has 3 amide bonds. The lowest BCUT2D eigenvalue weighted by molar-refractivity contribution is -0.155. The van der Waals surface area contributed by atoms with E-state index in [-0.39, 0.29) is 19.6 Å². The molecule has 0 unspecified atom stereocenters. The maximum absolute atomic E-state index is 12.8. The number of nitrogens with two attached hydrogens (primary N) is 2. The zero-order chi connectivity index (χ0) is 19.1. The molecule has 0 radical (unpaired) electrons. The summed E-state index contributed by atoms with van der Waals surface area (Å²) in [5.74, 6) is -1.30. The highest BCUT2D eigenvalue weighted by atomic mass is 16.4. The van der Waals surface area contributed by atoms with Gasteiger partial charge in [-0.05, 0) is 24.6 Å². The highest BCUT2D eigenvalue weighted by Crippen LogP contribution is 2.25. The minimum atomic E-state index is -1.94. The first-order valence-electron chi connectivity index (χ1n) is 7.84. The van der Waals surface area contributed by atoms with Gasteiger partial charge in [0.25, 0.3) is 11.8 Å². The highest BCUT2D eigenvalue weighted by Gasteiger charge is 2.52. The molecular weight excluding hydrogens is 340 g/mol. The second-order valence-electron chi connectivity index (χ2n) is 6.21. The standard InChI is InChI=1S/C16H18N6O4/c1-16(13(18)23)14(24)21(4-5-22(16)15(25)26)7-9-2-3-10-11(6-9)19-8-20-12(10)17/h2-3,6,8H,4-5,7H2,1H3,(H2,18,23)(H,25,26)(H2,17,19,20)/t16-/m0/s1. The number of carbonyl (C=O) groups is 3. The maximum Gasteiger partial charge on any atom is 0.408 e. The molecule has 1 aromatic heterocycles. The van der Waals surface area contributed by atoms with Crippen LogP contribution in [0.3, 0.4) is 0 Å². The SMILES string of the molecule is C[C@]1(C(N)=O)C(=O)N(Cc2ccc3c(N)ncnc3c2)CCN1C(=O)O. The van der Waals surface area contributed by atoms with E-state index in [1.807, 2.05) is 0 Å². The zero-order valence-corrected chi connectivity index (χ0v) is 14.0. The molecular formula is C16H18N6O4. The molecule has 1 aliphatic heterocycles. The highest BCUT2D eigenvalue weighted by molar-refractivity contribution is 6.11. The Kier molecular flexibility index (Phi) is 4.10. The quantitative estimate of drug-likeness (QED) is 0.640. The Morgan fingerprint density at radius 2 is 2.04 bits per heavy atom. The smallest absolute Gasteiger partial charge is 0.408 e. The third-order valence-corrected chi connectivity index (χ3v) is 4.65. The molecule has 2 aromatic rings. The summed E-state index contributed by atoms with van der Waals surface area (Å²) in [6.07, 6.45) is -0.0141. The molecule has 1 atom stereocenters. The van der Waals surface area contributed by atoms with Crippen molar-refractivity contribution in [2.45, 2.75) is 19.0 Å². The summed E-state index contributed by atoms with van der Waals surface area (Å²) in [5, 5.41) is 9.98. The van der Waals surface area contributed by atoms with Crippen LogP contribution in [0.5, 0.6) is 0 Å². The van der Waals surface area contributed by atoms with Crippen LogP contribution in [-0.4, -0.2) is 61.4 Å². The second-order valence-corrected chi connectivity index (χ2v) is 6.21. The Morgan fingerprint density at radius 3 is 2.69 bits per heavy atom. The van der Waals surface area contributed by atoms with Crippen LogP contribution in [0, 0.1) is 0 Å². The third kappa shape index (κ3) is 2.65. The van der Waals surface area contributed by atoms with E-state index in [4.69, 9.17) is 11.5 Å². The Labute approximate surface area is 148 Å². The van der Waals surface area contributed by atoms with Gasteiger partial charge in [0.1, 0.15) is 12.1 Å². The average Bonchev–Trinajstić information content (AvgIpc) is 2.58. The normalized spacial score (nSPS) is 20.4. The van der Waals surface area contributed by atoms with Crippen LogP contribution >= 0.6 is 0 Å². The molecule has 3 rings (SSSR count). The first kappa shape index (κ1) is 17.4. The summed E-state index contributed by atoms with van der Waals surface area (Å²) >= 11 is 0. The molecule has 5 N–H and O–H groups in total. The van der Waals surface area contributed by atoms with Crippen LogP contribution in [-0.2, 0) is 16.1 Å². The van der Waals surface area contributed by atoms with Gasteiger partial charge < -0.3 is 21.5 Å². The van der Waals surface area contributed by atoms with Gasteiger partial charge in [-0.15, -0.1) is 0 Å². The van der Waals surface area contributed by atoms with Crippen molar-refractivity contribution in [3.8, 4) is 0 Å². The Morgan fingerprint density at radius 1 is 1.31 bits per heavy atom. The van der Waals surface area contributed by atoms with E-state index in [1.165, 1.54) is 18.2 Å². The number of hydrogen-bond donors (Lipinski definition) is 3. The number of anilines is 1. The fraction of sp³-hybridized carbons (Fsp3) is 0.312. The van der Waals surface area contributed by atoms with E-state index < -0.39 is 23.4 Å². The number of rotatable bonds is 3. The molecule has 10 nitrogen and oxygen atoms in total. The number of carbonyl (C=O) groups excluding carboxylic acids is 2. The lowest BCUT2D eigenvalue weighted by atomic mass is 9.94. The molecule has 1 saturated heterocycles. The molecule has 0 bridgehead atoms. The zero-order valence-electron chi connectivity index (χ0n) is 14.0. The lowest BCUT2D eigenvalue weighted by Gasteiger charge is -2.44. The van der Waals surface area contributed by atoms with Gasteiger partial charge in [-0.1, -0.05) is 6.07 Å². The van der Waals surface area contributed by atoms with Crippen molar-refractivity contribution in [3.63, 3.8) is 0 Å². The van der Waals surface area contributed by atoms with Gasteiger partial charge in [-0.2, -0.15) is 0 Å². The Balaban J connectivity index is 1.90. The number of primary amides is 1. The largest absolute Gasteiger partial charge is 0.465 e. The Hall–Kier alpha value is -3.43. The molecule has 136 valence electrons. The molecule has 1 fully saturated rings. The van der Waals surface area contributed by atoms with Crippen LogP contribution in [0.25, 0.3) is 10.9 Å². The van der Waals surface area contributed by atoms with E-state index in [2.05, 4.69) is 9.97 Å². The first-order chi connectivity index (χ1) is 12.2. The predicted octanol–water partition coefficient (Wildman–Crippen LogP) is -0.222. The predicted molar refractivity (Wildman–Crippen MR) is 91.7 cm³/mol. The van der Waals surface area contributed by atoms with E-state index in [9.17, 15) is 19.5 Å². The van der Waals surface area contributed by atoms with Crippen molar-refractivity contribution in [1.82, 2.24) is 19.8 Å². The number of nitrogen functional groups attached to an aromatic ring is 1. The molecule has 26 heavy (non-hydrogen) atoms. The third-order valence-electron chi connectivity index (χ3n) is 4.65. The van der Waals surface area contributed by atoms with E-state index in [0.29, 0.717) is 16.7 Å². The second kappa shape index (κ2) is 6.14. The van der Waals surface area contributed by atoms with Gasteiger partial charge >= 0.3 is 6.09 Å². The number of piperazine rings is 1. The van der Waals surface area contributed by atoms with Gasteiger partial charge in [0, 0.05) is 25.0 Å². The van der Waals surface area contributed by atoms with Crippen LogP contribution < -0.4 is 11.5 Å². The van der Waals surface area contributed by atoms with Gasteiger partial charge in [0.15, 0.2) is 0 Å². The van der Waals surface area contributed by atoms with Crippen molar-refractivity contribution in [1.29, 1.82) is 0 Å². The fourth-order valence-corrected chi connectivity index (χ4v) is 3.09. The summed E-state index contributed by atoms with van der Waals surface area (Å²) in [6, 6.07) is 5.30. The number of amides is 3. The number of nitrogens with zero attached hydrogens (tertiary/aromatic N) is 4. The maximum atomic E-state index is 12.8. The Bertz CT molecular complexity index is 917. The number of benzene rings is 1. The topological polar surface area (TPSA) is 156 Å². The molecule has 0 aliphatic carbocycles. The summed E-state index contributed by atoms with van der Waals surface area (Å²) in [6.45, 7) is 1.56. The van der Waals surface area contributed by atoms with Gasteiger partial charge in [0.05, 0.1) is 5.52 Å². The van der Waals surface area contributed by atoms with Crippen molar-refractivity contribution < 1.29 is 19.5 Å². The van der Waals surface area contributed by atoms with Crippen molar-refractivity contribution in [3.05, 3.63) is 30.1 Å². The molecule has 1 aromatic carbocycles. The number of fused-ring (bicyclic) bond motifs is 1. The minimum absolute atomic E-state index is 0.0107. The summed E-state index contributed by atoms with van der Waals surface area (Å²) in [7, 11) is 0. The van der Waals surface area contributed by atoms with E-state index >= 15 is 0 Å². The molecule has 0 saturated carbocycles. The molecule has 2 heterocycles. The fourth-order valence-electron chi connectivity index (χ4n) is 3.09. The number of hydrogen-bond acceptors (Lipinski definition) is 6.